The zero-order valence-corrected chi connectivity index (χ0v) is 25.8. The lowest BCUT2D eigenvalue weighted by Gasteiger charge is -2.39. The van der Waals surface area contributed by atoms with Gasteiger partial charge in [-0.2, -0.15) is 0 Å². The summed E-state index contributed by atoms with van der Waals surface area (Å²) in [6.07, 6.45) is 0. The van der Waals surface area contributed by atoms with Gasteiger partial charge in [0.2, 0.25) is 6.71 Å². The van der Waals surface area contributed by atoms with Crippen LogP contribution in [0.2, 0.25) is 0 Å². The highest BCUT2D eigenvalue weighted by Gasteiger charge is 2.57. The van der Waals surface area contributed by atoms with E-state index in [0.29, 0.717) is 0 Å². The standard InChI is InChI=1S/C42H28BNOS/c45-46(39-23-11-4-16-31(39)32-17-5-12-24-40(32)46)41-25-13-6-18-33(41)34-28-30(26-27-42(34)46)44-37-21-9-7-19-35(37)43(29-14-2-1-3-15-29)36-20-8-10-22-38(36)44/h1-28H. The van der Waals surface area contributed by atoms with Gasteiger partial charge in [0, 0.05) is 51.3 Å². The molecule has 0 aromatic heterocycles. The zero-order valence-electron chi connectivity index (χ0n) is 25.0. The van der Waals surface area contributed by atoms with Crippen LogP contribution in [0, 0.1) is 0 Å². The normalized spacial score (nSPS) is 16.3. The number of hydrogen-bond donors (Lipinski definition) is 0. The summed E-state index contributed by atoms with van der Waals surface area (Å²) in [7, 11) is -3.86. The van der Waals surface area contributed by atoms with Crippen LogP contribution in [-0.2, 0) is 9.07 Å². The van der Waals surface area contributed by atoms with Crippen LogP contribution in [0.3, 0.4) is 0 Å². The molecule has 1 spiro atoms. The zero-order chi connectivity index (χ0) is 30.5. The molecule has 4 heteroatoms. The molecule has 0 saturated heterocycles. The van der Waals surface area contributed by atoms with Gasteiger partial charge in [0.25, 0.3) is 0 Å². The quantitative estimate of drug-likeness (QED) is 0.185. The number of nitrogens with zero attached hydrogens (tertiary/aromatic N) is 1. The molecule has 46 heavy (non-hydrogen) atoms. The number of fused-ring (bicyclic) bond motifs is 12. The van der Waals surface area contributed by atoms with Crippen molar-refractivity contribution in [2.24, 2.45) is 0 Å². The molecule has 0 unspecified atom stereocenters. The highest BCUT2D eigenvalue weighted by Crippen LogP contribution is 2.71. The molecule has 216 valence electrons. The number of rotatable bonds is 2. The van der Waals surface area contributed by atoms with E-state index in [0.717, 1.165) is 47.5 Å². The third-order valence-corrected chi connectivity index (χ3v) is 15.0. The van der Waals surface area contributed by atoms with Gasteiger partial charge in [0.1, 0.15) is 0 Å². The second kappa shape index (κ2) is 9.06. The SMILES string of the molecule is O=S12(c3ccccc3-c3ccccc31)c1ccccc1-c1cc(N3c4ccccc4B(c4ccccc4)c4ccccc43)ccc12. The summed E-state index contributed by atoms with van der Waals surface area (Å²) in [4.78, 5) is 6.04. The molecule has 3 aliphatic rings. The third-order valence-electron chi connectivity index (χ3n) is 10.3. The van der Waals surface area contributed by atoms with Gasteiger partial charge in [0.05, 0.1) is 0 Å². The lowest BCUT2D eigenvalue weighted by Crippen LogP contribution is -2.57. The highest BCUT2D eigenvalue weighted by atomic mass is 32.3. The molecule has 3 heterocycles. The van der Waals surface area contributed by atoms with Gasteiger partial charge in [-0.3, -0.25) is 4.21 Å². The third kappa shape index (κ3) is 3.00. The van der Waals surface area contributed by atoms with Gasteiger partial charge in [-0.25, -0.2) is 0 Å². The van der Waals surface area contributed by atoms with Gasteiger partial charge in [-0.15, -0.1) is 0 Å². The molecule has 0 amide bonds. The molecule has 3 aliphatic heterocycles. The maximum absolute atomic E-state index is 16.7. The van der Waals surface area contributed by atoms with Crippen molar-refractivity contribution in [2.45, 2.75) is 19.6 Å². The first-order valence-corrected chi connectivity index (χ1v) is 17.8. The maximum Gasteiger partial charge on any atom is 0.246 e. The lowest BCUT2D eigenvalue weighted by atomic mass is 9.35. The Labute approximate surface area is 269 Å². The smallest absolute Gasteiger partial charge is 0.246 e. The first-order chi connectivity index (χ1) is 22.7. The van der Waals surface area contributed by atoms with Crippen LogP contribution in [0.5, 0.6) is 0 Å². The summed E-state index contributed by atoms with van der Waals surface area (Å²) in [5, 5.41) is 0. The second-order valence-electron chi connectivity index (χ2n) is 12.4. The molecule has 0 atom stereocenters. The average molecular weight is 606 g/mol. The van der Waals surface area contributed by atoms with Gasteiger partial charge >= 0.3 is 0 Å². The van der Waals surface area contributed by atoms with Gasteiger partial charge in [-0.05, 0) is 76.1 Å². The second-order valence-corrected chi connectivity index (χ2v) is 16.1. The molecule has 0 fully saturated rings. The molecule has 7 aromatic rings. The van der Waals surface area contributed by atoms with E-state index in [4.69, 9.17) is 0 Å². The van der Waals surface area contributed by atoms with E-state index in [2.05, 4.69) is 157 Å². The van der Waals surface area contributed by atoms with Crippen LogP contribution in [0.25, 0.3) is 22.3 Å². The molecule has 7 aromatic carbocycles. The van der Waals surface area contributed by atoms with Crippen LogP contribution in [0.4, 0.5) is 17.1 Å². The van der Waals surface area contributed by atoms with Crippen LogP contribution >= 0.6 is 0 Å². The summed E-state index contributed by atoms with van der Waals surface area (Å²) < 4.78 is 16.7. The Morgan fingerprint density at radius 3 is 1.41 bits per heavy atom. The van der Waals surface area contributed by atoms with Crippen molar-refractivity contribution in [3.63, 3.8) is 0 Å². The summed E-state index contributed by atoms with van der Waals surface area (Å²) in [5.74, 6) is 0. The van der Waals surface area contributed by atoms with Gasteiger partial charge < -0.3 is 4.90 Å². The molecule has 0 bridgehead atoms. The Morgan fingerprint density at radius 1 is 0.413 bits per heavy atom. The Kier molecular flexibility index (Phi) is 5.09. The molecule has 0 aliphatic carbocycles. The van der Waals surface area contributed by atoms with E-state index in [1.165, 1.54) is 27.8 Å². The van der Waals surface area contributed by atoms with Crippen molar-refractivity contribution in [2.75, 3.05) is 4.90 Å². The molecular weight excluding hydrogens is 577 g/mol. The fourth-order valence-electron chi connectivity index (χ4n) is 8.46. The Bertz CT molecular complexity index is 2370. The molecule has 10 rings (SSSR count). The molecular formula is C42H28BNOS. The highest BCUT2D eigenvalue weighted by molar-refractivity contribution is 8.21. The fraction of sp³-hybridized carbons (Fsp3) is 0. The van der Waals surface area contributed by atoms with Crippen molar-refractivity contribution in [1.82, 2.24) is 0 Å². The maximum atomic E-state index is 16.7. The molecule has 0 radical (unpaired) electrons. The van der Waals surface area contributed by atoms with E-state index in [9.17, 15) is 0 Å². The van der Waals surface area contributed by atoms with E-state index in [-0.39, 0.29) is 6.71 Å². The first kappa shape index (κ1) is 25.8. The summed E-state index contributed by atoms with van der Waals surface area (Å²) in [5.41, 5.74) is 11.4. The van der Waals surface area contributed by atoms with Gasteiger partial charge in [-0.1, -0.05) is 127 Å². The first-order valence-electron chi connectivity index (χ1n) is 15.8. The van der Waals surface area contributed by atoms with Crippen molar-refractivity contribution in [3.05, 3.63) is 170 Å². The average Bonchev–Trinajstić information content (AvgIpc) is 3.51. The van der Waals surface area contributed by atoms with Crippen LogP contribution in [0.15, 0.2) is 189 Å². The largest absolute Gasteiger partial charge is 0.311 e. The van der Waals surface area contributed by atoms with E-state index >= 15 is 4.21 Å². The predicted octanol–water partition coefficient (Wildman–Crippen LogP) is 8.30. The van der Waals surface area contributed by atoms with Crippen molar-refractivity contribution >= 4 is 49.2 Å². The molecule has 2 nitrogen and oxygen atoms in total. The predicted molar refractivity (Wildman–Crippen MR) is 191 cm³/mol. The Balaban J connectivity index is 1.26. The van der Waals surface area contributed by atoms with Crippen LogP contribution < -0.4 is 21.3 Å². The van der Waals surface area contributed by atoms with Gasteiger partial charge in [0.15, 0.2) is 0 Å². The Morgan fingerprint density at radius 2 is 0.848 bits per heavy atom. The van der Waals surface area contributed by atoms with E-state index < -0.39 is 9.07 Å². The van der Waals surface area contributed by atoms with Crippen molar-refractivity contribution in [1.29, 1.82) is 0 Å². The number of hydrogen-bond acceptors (Lipinski definition) is 2. The monoisotopic (exact) mass is 605 g/mol. The van der Waals surface area contributed by atoms with E-state index in [1.807, 2.05) is 18.2 Å². The summed E-state index contributed by atoms with van der Waals surface area (Å²) in [6, 6.07) is 59.9. The molecule has 0 saturated carbocycles. The fourth-order valence-corrected chi connectivity index (χ4v) is 13.6. The van der Waals surface area contributed by atoms with Crippen molar-refractivity contribution in [3.8, 4) is 22.3 Å². The Hall–Kier alpha value is -5.45. The minimum Gasteiger partial charge on any atom is -0.311 e. The lowest BCUT2D eigenvalue weighted by molar-refractivity contribution is 0.658. The minimum absolute atomic E-state index is 0.130. The minimum atomic E-state index is -3.86. The van der Waals surface area contributed by atoms with Crippen molar-refractivity contribution < 1.29 is 4.21 Å². The topological polar surface area (TPSA) is 20.3 Å². The van der Waals surface area contributed by atoms with E-state index in [1.54, 1.807) is 0 Å². The number of para-hydroxylation sites is 2. The van der Waals surface area contributed by atoms with Crippen LogP contribution in [0.1, 0.15) is 0 Å². The molecule has 0 N–H and O–H groups in total. The van der Waals surface area contributed by atoms with Crippen LogP contribution in [-0.4, -0.2) is 10.9 Å². The number of benzene rings is 7. The summed E-state index contributed by atoms with van der Waals surface area (Å²) in [6.45, 7) is 0.130. The number of anilines is 3. The summed E-state index contributed by atoms with van der Waals surface area (Å²) >= 11 is 0.